The average Bonchev–Trinajstić information content (AvgIpc) is 2.74. The summed E-state index contributed by atoms with van der Waals surface area (Å²) in [6.07, 6.45) is 1.86. The summed E-state index contributed by atoms with van der Waals surface area (Å²) < 4.78 is 26.7. The van der Waals surface area contributed by atoms with E-state index in [4.69, 9.17) is 5.73 Å². The van der Waals surface area contributed by atoms with Crippen LogP contribution in [0.3, 0.4) is 0 Å². The van der Waals surface area contributed by atoms with Crippen molar-refractivity contribution >= 4 is 11.4 Å². The average molecular weight is 239 g/mol. The number of halogens is 2. The Morgan fingerprint density at radius 1 is 1.29 bits per heavy atom. The number of nitrogens with two attached hydrogens (primary N) is 1. The second-order valence-corrected chi connectivity index (χ2v) is 3.47. The number of H-pyrrole nitrogens is 1. The fraction of sp³-hybridized carbons (Fsp3) is 0.200. The van der Waals surface area contributed by atoms with Crippen LogP contribution in [0.4, 0.5) is 20.2 Å². The fourth-order valence-electron chi connectivity index (χ4n) is 1.42. The lowest BCUT2D eigenvalue weighted by Gasteiger charge is -2.08. The Labute approximate surface area is 96.1 Å². The first kappa shape index (κ1) is 11.3. The third-order valence-electron chi connectivity index (χ3n) is 2.19. The molecule has 1 aromatic carbocycles. The number of rotatable bonds is 4. The molecule has 0 unspecified atom stereocenters. The molecule has 1 aromatic heterocycles. The summed E-state index contributed by atoms with van der Waals surface area (Å²) in [5.74, 6) is -0.770. The Morgan fingerprint density at radius 2 is 2.00 bits per heavy atom. The van der Waals surface area contributed by atoms with Gasteiger partial charge in [0.25, 0.3) is 0 Å². The van der Waals surface area contributed by atoms with E-state index in [0.717, 1.165) is 12.1 Å². The van der Waals surface area contributed by atoms with Crippen molar-refractivity contribution in [2.75, 3.05) is 17.6 Å². The number of aromatic amines is 1. The van der Waals surface area contributed by atoms with Crippen LogP contribution in [0, 0.1) is 11.6 Å². The third-order valence-corrected chi connectivity index (χ3v) is 2.19. The zero-order valence-corrected chi connectivity index (χ0v) is 8.87. The number of hydrogen-bond donors (Lipinski definition) is 3. The van der Waals surface area contributed by atoms with Crippen molar-refractivity contribution in [1.29, 1.82) is 0 Å². The highest BCUT2D eigenvalue weighted by molar-refractivity contribution is 5.54. The summed E-state index contributed by atoms with van der Waals surface area (Å²) in [5, 5.41) is 8.97. The fourth-order valence-corrected chi connectivity index (χ4v) is 1.42. The number of hydrogen-bond acceptors (Lipinski definition) is 4. The number of nitrogens with one attached hydrogen (secondary N) is 2. The van der Waals surface area contributed by atoms with Crippen molar-refractivity contribution in [3.63, 3.8) is 0 Å². The summed E-state index contributed by atoms with van der Waals surface area (Å²) in [6.45, 7) is 0.340. The molecule has 17 heavy (non-hydrogen) atoms. The molecule has 1 heterocycles. The maximum absolute atomic E-state index is 13.4. The lowest BCUT2D eigenvalue weighted by atomic mass is 10.2. The summed E-state index contributed by atoms with van der Waals surface area (Å²) in [7, 11) is 0. The van der Waals surface area contributed by atoms with Gasteiger partial charge in [-0.05, 0) is 12.1 Å². The highest BCUT2D eigenvalue weighted by Gasteiger charge is 2.09. The summed E-state index contributed by atoms with van der Waals surface area (Å²) >= 11 is 0. The highest BCUT2D eigenvalue weighted by Crippen LogP contribution is 2.21. The molecule has 2 aromatic rings. The highest BCUT2D eigenvalue weighted by atomic mass is 19.1. The topological polar surface area (TPSA) is 79.6 Å². The summed E-state index contributed by atoms with van der Waals surface area (Å²) in [4.78, 5) is 3.89. The minimum Gasteiger partial charge on any atom is -0.399 e. The monoisotopic (exact) mass is 239 g/mol. The van der Waals surface area contributed by atoms with Gasteiger partial charge in [0.1, 0.15) is 17.8 Å². The first-order chi connectivity index (χ1) is 8.16. The van der Waals surface area contributed by atoms with E-state index < -0.39 is 11.6 Å². The maximum atomic E-state index is 13.4. The molecular weight excluding hydrogens is 228 g/mol. The summed E-state index contributed by atoms with van der Waals surface area (Å²) in [5.41, 5.74) is 5.18. The molecule has 0 atom stereocenters. The number of anilines is 2. The first-order valence-corrected chi connectivity index (χ1v) is 4.99. The molecule has 0 radical (unpaired) electrons. The van der Waals surface area contributed by atoms with Crippen LogP contribution in [0.5, 0.6) is 0 Å². The van der Waals surface area contributed by atoms with Crippen molar-refractivity contribution in [3.05, 3.63) is 35.9 Å². The molecule has 0 saturated carbocycles. The van der Waals surface area contributed by atoms with Gasteiger partial charge in [-0.3, -0.25) is 5.10 Å². The van der Waals surface area contributed by atoms with Gasteiger partial charge in [0.2, 0.25) is 0 Å². The van der Waals surface area contributed by atoms with E-state index in [0.29, 0.717) is 18.8 Å². The van der Waals surface area contributed by atoms with Crippen LogP contribution >= 0.6 is 0 Å². The van der Waals surface area contributed by atoms with E-state index in [1.54, 1.807) is 0 Å². The van der Waals surface area contributed by atoms with Crippen molar-refractivity contribution in [2.45, 2.75) is 6.42 Å². The van der Waals surface area contributed by atoms with Gasteiger partial charge in [0.15, 0.2) is 11.6 Å². The molecule has 0 aliphatic heterocycles. The smallest absolute Gasteiger partial charge is 0.151 e. The second kappa shape index (κ2) is 4.77. The Bertz CT molecular complexity index is 474. The quantitative estimate of drug-likeness (QED) is 0.703. The van der Waals surface area contributed by atoms with Crippen molar-refractivity contribution in [2.24, 2.45) is 0 Å². The van der Waals surface area contributed by atoms with Gasteiger partial charge in [-0.15, -0.1) is 0 Å². The van der Waals surface area contributed by atoms with E-state index >= 15 is 0 Å². The van der Waals surface area contributed by atoms with Gasteiger partial charge in [0, 0.05) is 18.7 Å². The Morgan fingerprint density at radius 3 is 2.59 bits per heavy atom. The molecule has 90 valence electrons. The van der Waals surface area contributed by atoms with Crippen LogP contribution in [0.15, 0.2) is 18.5 Å². The third kappa shape index (κ3) is 2.68. The standard InChI is InChI=1S/C10H11F2N5/c11-7-3-6(13)4-8(12)10(7)14-2-1-9-15-5-16-17-9/h3-5,14H,1-2,13H2,(H,15,16,17). The Balaban J connectivity index is 1.99. The number of nitrogens with zero attached hydrogens (tertiary/aromatic N) is 2. The molecule has 0 fully saturated rings. The second-order valence-electron chi connectivity index (χ2n) is 3.47. The minimum atomic E-state index is -0.708. The zero-order valence-electron chi connectivity index (χ0n) is 8.87. The van der Waals surface area contributed by atoms with Crippen LogP contribution in [0.2, 0.25) is 0 Å². The van der Waals surface area contributed by atoms with Gasteiger partial charge < -0.3 is 11.1 Å². The molecule has 5 nitrogen and oxygen atoms in total. The minimum absolute atomic E-state index is 0.0563. The lowest BCUT2D eigenvalue weighted by Crippen LogP contribution is -2.09. The first-order valence-electron chi connectivity index (χ1n) is 4.99. The van der Waals surface area contributed by atoms with Gasteiger partial charge in [-0.1, -0.05) is 0 Å². The van der Waals surface area contributed by atoms with Crippen LogP contribution in [-0.2, 0) is 6.42 Å². The van der Waals surface area contributed by atoms with Crippen LogP contribution in [0.25, 0.3) is 0 Å². The Kier molecular flexibility index (Phi) is 3.17. The molecule has 0 aliphatic rings. The molecular formula is C10H11F2N5. The molecule has 7 heteroatoms. The van der Waals surface area contributed by atoms with Gasteiger partial charge >= 0.3 is 0 Å². The van der Waals surface area contributed by atoms with Crippen LogP contribution in [-0.4, -0.2) is 21.7 Å². The molecule has 0 amide bonds. The molecule has 0 aliphatic carbocycles. The van der Waals surface area contributed by atoms with E-state index in [-0.39, 0.29) is 11.4 Å². The predicted molar refractivity (Wildman–Crippen MR) is 59.3 cm³/mol. The molecule has 4 N–H and O–H groups in total. The predicted octanol–water partition coefficient (Wildman–Crippen LogP) is 1.32. The van der Waals surface area contributed by atoms with Crippen LogP contribution < -0.4 is 11.1 Å². The molecule has 0 spiro atoms. The van der Waals surface area contributed by atoms with Crippen molar-refractivity contribution < 1.29 is 8.78 Å². The van der Waals surface area contributed by atoms with Crippen LogP contribution in [0.1, 0.15) is 5.82 Å². The largest absolute Gasteiger partial charge is 0.399 e. The maximum Gasteiger partial charge on any atom is 0.151 e. The number of aromatic nitrogens is 3. The SMILES string of the molecule is Nc1cc(F)c(NCCc2ncn[nH]2)c(F)c1. The molecule has 0 saturated heterocycles. The molecule has 0 bridgehead atoms. The van der Waals surface area contributed by atoms with Gasteiger partial charge in [0.05, 0.1) is 0 Å². The summed E-state index contributed by atoms with van der Waals surface area (Å²) in [6, 6.07) is 2.14. The van der Waals surface area contributed by atoms with E-state index in [1.807, 2.05) is 0 Å². The molecule has 2 rings (SSSR count). The Hall–Kier alpha value is -2.18. The normalized spacial score (nSPS) is 10.5. The number of benzene rings is 1. The number of nitrogen functional groups attached to an aromatic ring is 1. The van der Waals surface area contributed by atoms with Gasteiger partial charge in [-0.25, -0.2) is 13.8 Å². The van der Waals surface area contributed by atoms with E-state index in [2.05, 4.69) is 20.5 Å². The van der Waals surface area contributed by atoms with Crippen molar-refractivity contribution in [1.82, 2.24) is 15.2 Å². The van der Waals surface area contributed by atoms with E-state index in [9.17, 15) is 8.78 Å². The zero-order chi connectivity index (χ0) is 12.3. The lowest BCUT2D eigenvalue weighted by molar-refractivity contribution is 0.589. The van der Waals surface area contributed by atoms with E-state index in [1.165, 1.54) is 6.33 Å². The van der Waals surface area contributed by atoms with Crippen molar-refractivity contribution in [3.8, 4) is 0 Å². The van der Waals surface area contributed by atoms with Gasteiger partial charge in [-0.2, -0.15) is 5.10 Å².